The SMILES string of the molecule is CCCCC[C@@H]1CO[C@@H](c2ccc(Br)cc2)CO1. The van der Waals surface area contributed by atoms with Gasteiger partial charge in [-0.25, -0.2) is 0 Å². The molecule has 1 fully saturated rings. The summed E-state index contributed by atoms with van der Waals surface area (Å²) < 4.78 is 12.9. The van der Waals surface area contributed by atoms with E-state index < -0.39 is 0 Å². The van der Waals surface area contributed by atoms with Gasteiger partial charge in [-0.1, -0.05) is 54.2 Å². The van der Waals surface area contributed by atoms with Gasteiger partial charge in [0.25, 0.3) is 0 Å². The Morgan fingerprint density at radius 1 is 1.11 bits per heavy atom. The van der Waals surface area contributed by atoms with Gasteiger partial charge in [-0.15, -0.1) is 0 Å². The van der Waals surface area contributed by atoms with E-state index in [1.54, 1.807) is 0 Å². The zero-order valence-corrected chi connectivity index (χ0v) is 12.5. The van der Waals surface area contributed by atoms with Crippen molar-refractivity contribution in [3.63, 3.8) is 0 Å². The maximum atomic E-state index is 5.91. The molecule has 3 heteroatoms. The van der Waals surface area contributed by atoms with E-state index in [2.05, 4.69) is 35.0 Å². The van der Waals surface area contributed by atoms with Crippen molar-refractivity contribution in [2.45, 2.75) is 44.8 Å². The molecule has 0 amide bonds. The second-order valence-electron chi connectivity index (χ2n) is 4.82. The van der Waals surface area contributed by atoms with Crippen molar-refractivity contribution >= 4 is 15.9 Å². The summed E-state index contributed by atoms with van der Waals surface area (Å²) in [6.07, 6.45) is 5.31. The average Bonchev–Trinajstić information content (AvgIpc) is 2.41. The molecule has 100 valence electrons. The van der Waals surface area contributed by atoms with E-state index >= 15 is 0 Å². The average molecular weight is 313 g/mol. The Hall–Kier alpha value is -0.380. The first-order valence-electron chi connectivity index (χ1n) is 6.78. The quantitative estimate of drug-likeness (QED) is 0.746. The van der Waals surface area contributed by atoms with Crippen LogP contribution in [0, 0.1) is 0 Å². The fourth-order valence-electron chi connectivity index (χ4n) is 2.20. The summed E-state index contributed by atoms with van der Waals surface area (Å²) in [5, 5.41) is 0. The Kier molecular flexibility index (Phi) is 5.67. The lowest BCUT2D eigenvalue weighted by Crippen LogP contribution is -2.31. The van der Waals surface area contributed by atoms with Crippen LogP contribution in [0.2, 0.25) is 0 Å². The largest absolute Gasteiger partial charge is 0.373 e. The van der Waals surface area contributed by atoms with Crippen LogP contribution in [0.1, 0.15) is 44.3 Å². The van der Waals surface area contributed by atoms with Crippen LogP contribution in [0.3, 0.4) is 0 Å². The highest BCUT2D eigenvalue weighted by atomic mass is 79.9. The summed E-state index contributed by atoms with van der Waals surface area (Å²) >= 11 is 3.44. The van der Waals surface area contributed by atoms with Gasteiger partial charge < -0.3 is 9.47 Å². The number of hydrogen-bond acceptors (Lipinski definition) is 2. The van der Waals surface area contributed by atoms with Crippen molar-refractivity contribution < 1.29 is 9.47 Å². The summed E-state index contributed by atoms with van der Waals surface area (Å²) in [4.78, 5) is 0. The van der Waals surface area contributed by atoms with Crippen molar-refractivity contribution in [2.75, 3.05) is 13.2 Å². The normalized spacial score (nSPS) is 24.1. The number of hydrogen-bond donors (Lipinski definition) is 0. The van der Waals surface area contributed by atoms with E-state index in [1.807, 2.05) is 12.1 Å². The van der Waals surface area contributed by atoms with Gasteiger partial charge in [0.05, 0.1) is 19.3 Å². The highest BCUT2D eigenvalue weighted by Gasteiger charge is 2.22. The molecule has 0 unspecified atom stereocenters. The highest BCUT2D eigenvalue weighted by molar-refractivity contribution is 9.10. The van der Waals surface area contributed by atoms with Crippen LogP contribution >= 0.6 is 15.9 Å². The topological polar surface area (TPSA) is 18.5 Å². The van der Waals surface area contributed by atoms with Gasteiger partial charge in [-0.05, 0) is 24.1 Å². The number of benzene rings is 1. The summed E-state index contributed by atoms with van der Waals surface area (Å²) in [7, 11) is 0. The first-order chi connectivity index (χ1) is 8.79. The smallest absolute Gasteiger partial charge is 0.106 e. The summed E-state index contributed by atoms with van der Waals surface area (Å²) in [6.45, 7) is 3.63. The molecule has 0 bridgehead atoms. The standard InChI is InChI=1S/C15H21BrO2/c1-2-3-4-5-14-10-18-15(11-17-14)12-6-8-13(16)9-7-12/h6-9,14-15H,2-5,10-11H2,1H3/t14-,15-/m1/s1. The number of halogens is 1. The summed E-state index contributed by atoms with van der Waals surface area (Å²) in [5.74, 6) is 0. The first-order valence-corrected chi connectivity index (χ1v) is 7.57. The molecule has 1 aliphatic heterocycles. The van der Waals surface area contributed by atoms with Crippen LogP contribution in [-0.2, 0) is 9.47 Å². The van der Waals surface area contributed by atoms with E-state index in [-0.39, 0.29) is 6.10 Å². The van der Waals surface area contributed by atoms with Gasteiger partial charge in [-0.3, -0.25) is 0 Å². The molecule has 0 N–H and O–H groups in total. The van der Waals surface area contributed by atoms with Crippen molar-refractivity contribution in [3.8, 4) is 0 Å². The minimum absolute atomic E-state index is 0.0977. The zero-order chi connectivity index (χ0) is 12.8. The molecular weight excluding hydrogens is 292 g/mol. The first kappa shape index (κ1) is 14.0. The van der Waals surface area contributed by atoms with Crippen molar-refractivity contribution in [2.24, 2.45) is 0 Å². The van der Waals surface area contributed by atoms with Gasteiger partial charge in [0.2, 0.25) is 0 Å². The molecule has 1 aliphatic rings. The number of rotatable bonds is 5. The molecule has 0 spiro atoms. The molecule has 0 aromatic heterocycles. The third-order valence-corrected chi connectivity index (χ3v) is 3.87. The van der Waals surface area contributed by atoms with Crippen LogP contribution in [0.5, 0.6) is 0 Å². The second-order valence-corrected chi connectivity index (χ2v) is 5.74. The van der Waals surface area contributed by atoms with Crippen molar-refractivity contribution in [1.82, 2.24) is 0 Å². The van der Waals surface area contributed by atoms with Crippen LogP contribution in [0.25, 0.3) is 0 Å². The Bertz CT molecular complexity index is 342. The predicted octanol–water partition coefficient (Wildman–Crippen LogP) is 4.49. The molecule has 1 aromatic carbocycles. The highest BCUT2D eigenvalue weighted by Crippen LogP contribution is 2.25. The van der Waals surface area contributed by atoms with Crippen LogP contribution in [0.15, 0.2) is 28.7 Å². The summed E-state index contributed by atoms with van der Waals surface area (Å²) in [5.41, 5.74) is 1.20. The molecule has 0 radical (unpaired) electrons. The van der Waals surface area contributed by atoms with E-state index in [4.69, 9.17) is 9.47 Å². The molecule has 2 atom stereocenters. The van der Waals surface area contributed by atoms with E-state index in [0.717, 1.165) is 17.5 Å². The Morgan fingerprint density at radius 2 is 1.89 bits per heavy atom. The Balaban J connectivity index is 1.77. The predicted molar refractivity (Wildman–Crippen MR) is 76.7 cm³/mol. The molecular formula is C15H21BrO2. The van der Waals surface area contributed by atoms with Crippen molar-refractivity contribution in [3.05, 3.63) is 34.3 Å². The lowest BCUT2D eigenvalue weighted by atomic mass is 10.1. The van der Waals surface area contributed by atoms with Crippen LogP contribution < -0.4 is 0 Å². The van der Waals surface area contributed by atoms with Gasteiger partial charge in [-0.2, -0.15) is 0 Å². The Morgan fingerprint density at radius 3 is 2.50 bits per heavy atom. The second kappa shape index (κ2) is 7.27. The number of unbranched alkanes of at least 4 members (excludes halogenated alkanes) is 2. The van der Waals surface area contributed by atoms with Gasteiger partial charge >= 0.3 is 0 Å². The third-order valence-electron chi connectivity index (χ3n) is 3.34. The van der Waals surface area contributed by atoms with E-state index in [1.165, 1.54) is 24.8 Å². The minimum Gasteiger partial charge on any atom is -0.373 e. The monoisotopic (exact) mass is 312 g/mol. The number of ether oxygens (including phenoxy) is 2. The van der Waals surface area contributed by atoms with E-state index in [0.29, 0.717) is 12.7 Å². The lowest BCUT2D eigenvalue weighted by molar-refractivity contribution is -0.137. The molecule has 0 saturated carbocycles. The molecule has 0 aliphatic carbocycles. The van der Waals surface area contributed by atoms with Crippen LogP contribution in [0.4, 0.5) is 0 Å². The van der Waals surface area contributed by atoms with Gasteiger partial charge in [0, 0.05) is 4.47 Å². The van der Waals surface area contributed by atoms with Gasteiger partial charge in [0.15, 0.2) is 0 Å². The zero-order valence-electron chi connectivity index (χ0n) is 10.9. The maximum Gasteiger partial charge on any atom is 0.106 e. The lowest BCUT2D eigenvalue weighted by Gasteiger charge is -2.30. The molecule has 18 heavy (non-hydrogen) atoms. The van der Waals surface area contributed by atoms with Crippen molar-refractivity contribution in [1.29, 1.82) is 0 Å². The molecule has 1 aromatic rings. The van der Waals surface area contributed by atoms with E-state index in [9.17, 15) is 0 Å². The fraction of sp³-hybridized carbons (Fsp3) is 0.600. The Labute approximate surface area is 118 Å². The fourth-order valence-corrected chi connectivity index (χ4v) is 2.47. The maximum absolute atomic E-state index is 5.91. The third kappa shape index (κ3) is 4.08. The van der Waals surface area contributed by atoms with Gasteiger partial charge in [0.1, 0.15) is 6.10 Å². The van der Waals surface area contributed by atoms with Crippen LogP contribution in [-0.4, -0.2) is 19.3 Å². The summed E-state index contributed by atoms with van der Waals surface area (Å²) in [6, 6.07) is 8.28. The molecule has 1 saturated heterocycles. The molecule has 2 rings (SSSR count). The molecule has 1 heterocycles. The minimum atomic E-state index is 0.0977. The molecule has 2 nitrogen and oxygen atoms in total.